The van der Waals surface area contributed by atoms with Gasteiger partial charge in [0.05, 0.1) is 0 Å². The molecule has 25 heavy (non-hydrogen) atoms. The van der Waals surface area contributed by atoms with Crippen LogP contribution in [0.15, 0.2) is 60.7 Å². The van der Waals surface area contributed by atoms with Gasteiger partial charge in [-0.15, -0.1) is 0 Å². The van der Waals surface area contributed by atoms with E-state index in [2.05, 4.69) is 76.5 Å². The molecule has 0 saturated carbocycles. The molecular formula is C23H28N2. The molecule has 2 nitrogen and oxygen atoms in total. The molecule has 2 heteroatoms. The molecule has 0 spiro atoms. The molecule has 0 aromatic heterocycles. The zero-order valence-electron chi connectivity index (χ0n) is 15.0. The molecule has 2 aromatic rings. The van der Waals surface area contributed by atoms with Crippen LogP contribution in [0.25, 0.3) is 6.08 Å². The van der Waals surface area contributed by atoms with E-state index in [1.807, 2.05) is 0 Å². The third-order valence-corrected chi connectivity index (χ3v) is 5.72. The van der Waals surface area contributed by atoms with Gasteiger partial charge in [-0.25, -0.2) is 0 Å². The highest BCUT2D eigenvalue weighted by Crippen LogP contribution is 2.25. The molecule has 1 atom stereocenters. The van der Waals surface area contributed by atoms with Gasteiger partial charge >= 0.3 is 0 Å². The predicted molar refractivity (Wildman–Crippen MR) is 106 cm³/mol. The van der Waals surface area contributed by atoms with Crippen LogP contribution in [0.4, 0.5) is 0 Å². The SMILES string of the molecule is C(=C\c1ccccc1)/CN1CCN(C2CCc3ccccc3C2)CC1. The van der Waals surface area contributed by atoms with Crippen LogP contribution < -0.4 is 0 Å². The lowest BCUT2D eigenvalue weighted by Gasteiger charge is -2.41. The molecule has 1 fully saturated rings. The highest BCUT2D eigenvalue weighted by molar-refractivity contribution is 5.48. The van der Waals surface area contributed by atoms with E-state index < -0.39 is 0 Å². The summed E-state index contributed by atoms with van der Waals surface area (Å²) in [6, 6.07) is 20.3. The first-order valence-corrected chi connectivity index (χ1v) is 9.63. The van der Waals surface area contributed by atoms with Crippen molar-refractivity contribution in [3.63, 3.8) is 0 Å². The minimum atomic E-state index is 0.747. The first kappa shape index (κ1) is 16.6. The third kappa shape index (κ3) is 4.20. The number of fused-ring (bicyclic) bond motifs is 1. The second-order valence-electron chi connectivity index (χ2n) is 7.31. The molecule has 0 N–H and O–H groups in total. The second kappa shape index (κ2) is 7.99. The highest BCUT2D eigenvalue weighted by atomic mass is 15.3. The van der Waals surface area contributed by atoms with Gasteiger partial charge < -0.3 is 0 Å². The number of piperazine rings is 1. The predicted octanol–water partition coefficient (Wildman–Crippen LogP) is 3.87. The minimum Gasteiger partial charge on any atom is -0.298 e. The van der Waals surface area contributed by atoms with Gasteiger partial charge in [0.25, 0.3) is 0 Å². The van der Waals surface area contributed by atoms with Crippen molar-refractivity contribution in [2.75, 3.05) is 32.7 Å². The van der Waals surface area contributed by atoms with Crippen LogP contribution in [-0.4, -0.2) is 48.6 Å². The standard InChI is InChI=1S/C23H28N2/c1-2-7-20(8-3-1)9-6-14-24-15-17-25(18-16-24)23-13-12-21-10-4-5-11-22(21)19-23/h1-11,23H,12-19H2/b9-6+. The molecule has 0 radical (unpaired) electrons. The van der Waals surface area contributed by atoms with E-state index in [9.17, 15) is 0 Å². The summed E-state index contributed by atoms with van der Waals surface area (Å²) in [5, 5.41) is 0. The van der Waals surface area contributed by atoms with E-state index in [0.29, 0.717) is 0 Å². The van der Waals surface area contributed by atoms with Gasteiger partial charge in [-0.2, -0.15) is 0 Å². The van der Waals surface area contributed by atoms with Gasteiger partial charge in [-0.3, -0.25) is 9.80 Å². The zero-order valence-corrected chi connectivity index (χ0v) is 15.0. The summed E-state index contributed by atoms with van der Waals surface area (Å²) >= 11 is 0. The number of benzene rings is 2. The lowest BCUT2D eigenvalue weighted by Crippen LogP contribution is -2.51. The first-order chi connectivity index (χ1) is 12.4. The largest absolute Gasteiger partial charge is 0.298 e. The first-order valence-electron chi connectivity index (χ1n) is 9.63. The summed E-state index contributed by atoms with van der Waals surface area (Å²) in [7, 11) is 0. The molecule has 0 amide bonds. The van der Waals surface area contributed by atoms with Crippen molar-refractivity contribution < 1.29 is 0 Å². The van der Waals surface area contributed by atoms with Crippen molar-refractivity contribution in [2.45, 2.75) is 25.3 Å². The fraction of sp³-hybridized carbons (Fsp3) is 0.391. The summed E-state index contributed by atoms with van der Waals surface area (Å²) in [5.74, 6) is 0. The van der Waals surface area contributed by atoms with Crippen LogP contribution in [0, 0.1) is 0 Å². The molecule has 1 heterocycles. The van der Waals surface area contributed by atoms with Crippen molar-refractivity contribution in [2.24, 2.45) is 0 Å². The van der Waals surface area contributed by atoms with Gasteiger partial charge in [0.2, 0.25) is 0 Å². The van der Waals surface area contributed by atoms with Crippen molar-refractivity contribution in [1.82, 2.24) is 9.80 Å². The maximum Gasteiger partial charge on any atom is 0.0167 e. The Labute approximate surface area is 151 Å². The summed E-state index contributed by atoms with van der Waals surface area (Å²) in [6.07, 6.45) is 8.36. The van der Waals surface area contributed by atoms with Gasteiger partial charge in [-0.05, 0) is 36.0 Å². The van der Waals surface area contributed by atoms with Crippen LogP contribution in [-0.2, 0) is 12.8 Å². The lowest BCUT2D eigenvalue weighted by atomic mass is 9.87. The quantitative estimate of drug-likeness (QED) is 0.838. The van der Waals surface area contributed by atoms with E-state index in [1.54, 1.807) is 11.1 Å². The number of nitrogens with zero attached hydrogens (tertiary/aromatic N) is 2. The Hall–Kier alpha value is -1.90. The fourth-order valence-electron chi connectivity index (χ4n) is 4.20. The van der Waals surface area contributed by atoms with Gasteiger partial charge in [0.1, 0.15) is 0 Å². The topological polar surface area (TPSA) is 6.48 Å². The summed E-state index contributed by atoms with van der Waals surface area (Å²) in [5.41, 5.74) is 4.44. The smallest absolute Gasteiger partial charge is 0.0167 e. The maximum absolute atomic E-state index is 2.73. The normalized spacial score (nSPS) is 22.2. The second-order valence-corrected chi connectivity index (χ2v) is 7.31. The number of hydrogen-bond donors (Lipinski definition) is 0. The van der Waals surface area contributed by atoms with E-state index in [0.717, 1.165) is 12.6 Å². The summed E-state index contributed by atoms with van der Waals surface area (Å²) in [6.45, 7) is 5.88. The van der Waals surface area contributed by atoms with Crippen molar-refractivity contribution in [3.8, 4) is 0 Å². The van der Waals surface area contributed by atoms with E-state index >= 15 is 0 Å². The Kier molecular flexibility index (Phi) is 5.29. The molecular weight excluding hydrogens is 304 g/mol. The van der Waals surface area contributed by atoms with Crippen molar-refractivity contribution in [3.05, 3.63) is 77.4 Å². The number of aryl methyl sites for hydroxylation is 1. The maximum atomic E-state index is 2.73. The molecule has 0 bridgehead atoms. The monoisotopic (exact) mass is 332 g/mol. The molecule has 1 saturated heterocycles. The summed E-state index contributed by atoms with van der Waals surface area (Å²) < 4.78 is 0. The molecule has 2 aliphatic rings. The summed E-state index contributed by atoms with van der Waals surface area (Å²) in [4.78, 5) is 5.31. The Morgan fingerprint density at radius 2 is 1.56 bits per heavy atom. The highest BCUT2D eigenvalue weighted by Gasteiger charge is 2.26. The molecule has 1 aliphatic heterocycles. The van der Waals surface area contributed by atoms with Crippen LogP contribution in [0.2, 0.25) is 0 Å². The Balaban J connectivity index is 1.26. The zero-order chi connectivity index (χ0) is 16.9. The molecule has 1 aliphatic carbocycles. The number of hydrogen-bond acceptors (Lipinski definition) is 2. The van der Waals surface area contributed by atoms with Gasteiger partial charge in [-0.1, -0.05) is 66.7 Å². The number of rotatable bonds is 4. The lowest BCUT2D eigenvalue weighted by molar-refractivity contribution is 0.0961. The van der Waals surface area contributed by atoms with E-state index in [1.165, 1.54) is 51.0 Å². The molecule has 130 valence electrons. The fourth-order valence-corrected chi connectivity index (χ4v) is 4.20. The Bertz CT molecular complexity index is 699. The molecule has 1 unspecified atom stereocenters. The minimum absolute atomic E-state index is 0.747. The van der Waals surface area contributed by atoms with Crippen LogP contribution in [0.1, 0.15) is 23.1 Å². The average molecular weight is 332 g/mol. The van der Waals surface area contributed by atoms with Crippen molar-refractivity contribution >= 4 is 6.08 Å². The Morgan fingerprint density at radius 1 is 0.840 bits per heavy atom. The van der Waals surface area contributed by atoms with Crippen LogP contribution >= 0.6 is 0 Å². The Morgan fingerprint density at radius 3 is 2.36 bits per heavy atom. The van der Waals surface area contributed by atoms with Gasteiger partial charge in [0.15, 0.2) is 0 Å². The average Bonchev–Trinajstić information content (AvgIpc) is 2.69. The van der Waals surface area contributed by atoms with E-state index in [4.69, 9.17) is 0 Å². The van der Waals surface area contributed by atoms with Crippen molar-refractivity contribution in [1.29, 1.82) is 0 Å². The van der Waals surface area contributed by atoms with Crippen LogP contribution in [0.5, 0.6) is 0 Å². The molecule has 4 rings (SSSR count). The van der Waals surface area contributed by atoms with E-state index in [-0.39, 0.29) is 0 Å². The van der Waals surface area contributed by atoms with Crippen LogP contribution in [0.3, 0.4) is 0 Å². The van der Waals surface area contributed by atoms with Gasteiger partial charge in [0, 0.05) is 38.8 Å². The molecule has 2 aromatic carbocycles. The third-order valence-electron chi connectivity index (χ3n) is 5.72.